The molecule has 4 heteroatoms. The van der Waals surface area contributed by atoms with Crippen LogP contribution in [0.3, 0.4) is 0 Å². The number of fused-ring (bicyclic) bond motifs is 1. The summed E-state index contributed by atoms with van der Waals surface area (Å²) >= 11 is 3.68. The van der Waals surface area contributed by atoms with Gasteiger partial charge < -0.3 is 4.98 Å². The van der Waals surface area contributed by atoms with E-state index in [4.69, 9.17) is 0 Å². The Morgan fingerprint density at radius 1 is 0.913 bits per heavy atom. The summed E-state index contributed by atoms with van der Waals surface area (Å²) in [4.78, 5) is 7.85. The Morgan fingerprint density at radius 2 is 1.70 bits per heavy atom. The molecule has 0 aliphatic heterocycles. The fraction of sp³-hybridized carbons (Fsp3) is 0. The van der Waals surface area contributed by atoms with E-state index in [1.165, 1.54) is 17.5 Å². The van der Waals surface area contributed by atoms with E-state index in [0.717, 1.165) is 32.5 Å². The van der Waals surface area contributed by atoms with Gasteiger partial charge in [0.25, 0.3) is 0 Å². The second kappa shape index (κ2) is 5.63. The zero-order valence-corrected chi connectivity index (χ0v) is 13.6. The van der Waals surface area contributed by atoms with Gasteiger partial charge in [-0.05, 0) is 57.0 Å². The second-order valence-electron chi connectivity index (χ2n) is 5.29. The van der Waals surface area contributed by atoms with Gasteiger partial charge in [-0.25, -0.2) is 9.37 Å². The molecule has 0 fully saturated rings. The van der Waals surface area contributed by atoms with Crippen LogP contribution in [0.15, 0.2) is 71.3 Å². The molecule has 23 heavy (non-hydrogen) atoms. The van der Waals surface area contributed by atoms with Crippen LogP contribution in [0.2, 0.25) is 0 Å². The molecule has 0 aliphatic carbocycles. The minimum absolute atomic E-state index is 0.248. The Balaban J connectivity index is 1.80. The van der Waals surface area contributed by atoms with E-state index in [-0.39, 0.29) is 5.82 Å². The molecule has 0 aliphatic rings. The van der Waals surface area contributed by atoms with Crippen molar-refractivity contribution in [1.82, 2.24) is 9.97 Å². The van der Waals surface area contributed by atoms with E-state index in [0.29, 0.717) is 0 Å². The first kappa shape index (κ1) is 14.2. The maximum atomic E-state index is 13.0. The summed E-state index contributed by atoms with van der Waals surface area (Å²) in [5.74, 6) is 0.531. The second-order valence-corrected chi connectivity index (χ2v) is 6.08. The lowest BCUT2D eigenvalue weighted by Gasteiger charge is -2.05. The lowest BCUT2D eigenvalue weighted by molar-refractivity contribution is 0.628. The van der Waals surface area contributed by atoms with Gasteiger partial charge in [-0.15, -0.1) is 0 Å². The van der Waals surface area contributed by atoms with Crippen molar-refractivity contribution in [2.45, 2.75) is 0 Å². The summed E-state index contributed by atoms with van der Waals surface area (Å²) in [6, 6.07) is 18.6. The van der Waals surface area contributed by atoms with Gasteiger partial charge in [0.1, 0.15) is 11.6 Å². The average Bonchev–Trinajstić information content (AvgIpc) is 3.06. The summed E-state index contributed by atoms with van der Waals surface area (Å²) in [6.45, 7) is 0. The summed E-state index contributed by atoms with van der Waals surface area (Å²) in [7, 11) is 0. The fourth-order valence-electron chi connectivity index (χ4n) is 2.64. The third kappa shape index (κ3) is 2.55. The molecule has 0 saturated carbocycles. The van der Waals surface area contributed by atoms with Crippen LogP contribution >= 0.6 is 15.9 Å². The van der Waals surface area contributed by atoms with E-state index < -0.39 is 0 Å². The van der Waals surface area contributed by atoms with Gasteiger partial charge in [-0.1, -0.05) is 30.3 Å². The van der Waals surface area contributed by atoms with Crippen molar-refractivity contribution in [2.24, 2.45) is 0 Å². The van der Waals surface area contributed by atoms with E-state index >= 15 is 0 Å². The summed E-state index contributed by atoms with van der Waals surface area (Å²) in [6.07, 6.45) is 1.84. The van der Waals surface area contributed by atoms with Crippen LogP contribution in [0.4, 0.5) is 4.39 Å². The van der Waals surface area contributed by atoms with Gasteiger partial charge in [0.2, 0.25) is 0 Å². The third-order valence-corrected chi connectivity index (χ3v) is 4.69. The van der Waals surface area contributed by atoms with Crippen molar-refractivity contribution in [3.63, 3.8) is 0 Å². The van der Waals surface area contributed by atoms with E-state index in [1.807, 2.05) is 24.4 Å². The van der Waals surface area contributed by atoms with E-state index in [1.54, 1.807) is 12.1 Å². The first-order valence-electron chi connectivity index (χ1n) is 7.21. The third-order valence-electron chi connectivity index (χ3n) is 3.84. The number of aromatic nitrogens is 2. The predicted molar refractivity (Wildman–Crippen MR) is 94.6 cm³/mol. The molecule has 3 aromatic carbocycles. The summed E-state index contributed by atoms with van der Waals surface area (Å²) in [5.41, 5.74) is 2.67. The molecular weight excluding hydrogens is 355 g/mol. The molecule has 1 heterocycles. The van der Waals surface area contributed by atoms with Crippen molar-refractivity contribution in [1.29, 1.82) is 0 Å². The quantitative estimate of drug-likeness (QED) is 0.477. The van der Waals surface area contributed by atoms with Gasteiger partial charge in [-0.3, -0.25) is 0 Å². The van der Waals surface area contributed by atoms with Gasteiger partial charge in [-0.2, -0.15) is 0 Å². The van der Waals surface area contributed by atoms with Gasteiger partial charge >= 0.3 is 0 Å². The molecule has 0 atom stereocenters. The van der Waals surface area contributed by atoms with Gasteiger partial charge in [0.05, 0.1) is 5.69 Å². The molecule has 4 aromatic rings. The Labute approximate surface area is 141 Å². The van der Waals surface area contributed by atoms with Crippen LogP contribution in [-0.2, 0) is 0 Å². The van der Waals surface area contributed by atoms with Gasteiger partial charge in [0.15, 0.2) is 0 Å². The molecule has 0 spiro atoms. The predicted octanol–water partition coefficient (Wildman–Crippen LogP) is 5.80. The van der Waals surface area contributed by atoms with Crippen molar-refractivity contribution in [3.8, 4) is 22.6 Å². The number of H-pyrrole nitrogens is 1. The number of nitrogens with one attached hydrogen (secondary N) is 1. The number of aromatic amines is 1. The van der Waals surface area contributed by atoms with Crippen LogP contribution in [-0.4, -0.2) is 9.97 Å². The Kier molecular flexibility index (Phi) is 3.46. The molecule has 0 unspecified atom stereocenters. The maximum absolute atomic E-state index is 13.0. The zero-order chi connectivity index (χ0) is 15.8. The van der Waals surface area contributed by atoms with Crippen LogP contribution in [0, 0.1) is 5.82 Å². The minimum Gasteiger partial charge on any atom is -0.344 e. The molecule has 0 amide bonds. The molecule has 112 valence electrons. The van der Waals surface area contributed by atoms with E-state index in [9.17, 15) is 4.39 Å². The number of imidazole rings is 1. The molecule has 1 aromatic heterocycles. The van der Waals surface area contributed by atoms with Crippen molar-refractivity contribution >= 4 is 26.7 Å². The largest absolute Gasteiger partial charge is 0.344 e. The Hall–Kier alpha value is -2.46. The van der Waals surface area contributed by atoms with E-state index in [2.05, 4.69) is 44.1 Å². The average molecular weight is 367 g/mol. The highest BCUT2D eigenvalue weighted by molar-refractivity contribution is 9.10. The lowest BCUT2D eigenvalue weighted by Crippen LogP contribution is -1.85. The molecule has 4 rings (SSSR count). The molecule has 2 nitrogen and oxygen atoms in total. The Morgan fingerprint density at radius 3 is 2.52 bits per heavy atom. The summed E-state index contributed by atoms with van der Waals surface area (Å²) in [5, 5.41) is 2.32. The zero-order valence-electron chi connectivity index (χ0n) is 12.1. The first-order chi connectivity index (χ1) is 11.2. The molecule has 0 bridgehead atoms. The standard InChI is InChI=1S/C19H12BrFN2/c20-18-15-4-2-1-3-12(15)7-10-16(18)19-22-11-17(23-19)13-5-8-14(21)9-6-13/h1-11H,(H,22,23). The molecule has 0 radical (unpaired) electrons. The smallest absolute Gasteiger partial charge is 0.139 e. The van der Waals surface area contributed by atoms with Crippen LogP contribution < -0.4 is 0 Å². The molecule has 1 N–H and O–H groups in total. The number of nitrogens with zero attached hydrogens (tertiary/aromatic N) is 1. The summed E-state index contributed by atoms with van der Waals surface area (Å²) < 4.78 is 14.0. The molecular formula is C19H12BrFN2. The number of hydrogen-bond acceptors (Lipinski definition) is 1. The van der Waals surface area contributed by atoms with Crippen molar-refractivity contribution < 1.29 is 4.39 Å². The highest BCUT2D eigenvalue weighted by Gasteiger charge is 2.11. The molecule has 0 saturated heterocycles. The van der Waals surface area contributed by atoms with Crippen molar-refractivity contribution in [2.75, 3.05) is 0 Å². The highest BCUT2D eigenvalue weighted by atomic mass is 79.9. The van der Waals surface area contributed by atoms with Crippen LogP contribution in [0.25, 0.3) is 33.4 Å². The van der Waals surface area contributed by atoms with Crippen molar-refractivity contribution in [3.05, 3.63) is 77.2 Å². The minimum atomic E-state index is -0.248. The van der Waals surface area contributed by atoms with Gasteiger partial charge in [0, 0.05) is 21.8 Å². The number of rotatable bonds is 2. The highest BCUT2D eigenvalue weighted by Crippen LogP contribution is 2.34. The Bertz CT molecular complexity index is 990. The normalized spacial score (nSPS) is 11.0. The van der Waals surface area contributed by atoms with Crippen LogP contribution in [0.5, 0.6) is 0 Å². The number of benzene rings is 3. The lowest BCUT2D eigenvalue weighted by atomic mass is 10.1. The van der Waals surface area contributed by atoms with Crippen LogP contribution in [0.1, 0.15) is 0 Å². The topological polar surface area (TPSA) is 28.7 Å². The first-order valence-corrected chi connectivity index (χ1v) is 8.00. The monoisotopic (exact) mass is 366 g/mol. The maximum Gasteiger partial charge on any atom is 0.139 e. The fourth-order valence-corrected chi connectivity index (χ4v) is 3.33. The SMILES string of the molecule is Fc1ccc(-c2c[nH]c(-c3ccc4ccccc4c3Br)n2)cc1. The number of halogens is 2. The number of hydrogen-bond donors (Lipinski definition) is 1.